The molecular formula is C15H9ClFN3. The molecule has 2 aromatic heterocycles. The summed E-state index contributed by atoms with van der Waals surface area (Å²) in [4.78, 5) is 12.5. The van der Waals surface area contributed by atoms with Gasteiger partial charge in [0.1, 0.15) is 16.7 Å². The summed E-state index contributed by atoms with van der Waals surface area (Å²) in [5.41, 5.74) is 2.11. The molecule has 0 fully saturated rings. The molecule has 20 heavy (non-hydrogen) atoms. The van der Waals surface area contributed by atoms with E-state index >= 15 is 0 Å². The van der Waals surface area contributed by atoms with Crippen LogP contribution in [0.2, 0.25) is 5.15 Å². The molecular weight excluding hydrogens is 277 g/mol. The van der Waals surface area contributed by atoms with Crippen molar-refractivity contribution in [2.45, 2.75) is 0 Å². The highest BCUT2D eigenvalue weighted by Crippen LogP contribution is 2.23. The quantitative estimate of drug-likeness (QED) is 0.668. The highest BCUT2D eigenvalue weighted by atomic mass is 35.5. The molecule has 0 aliphatic heterocycles. The normalized spacial score (nSPS) is 10.5. The van der Waals surface area contributed by atoms with Gasteiger partial charge in [0.15, 0.2) is 5.82 Å². The zero-order valence-electron chi connectivity index (χ0n) is 10.3. The van der Waals surface area contributed by atoms with Crippen LogP contribution >= 0.6 is 11.6 Å². The minimum absolute atomic E-state index is 0.319. The van der Waals surface area contributed by atoms with Crippen LogP contribution in [0, 0.1) is 5.82 Å². The zero-order chi connectivity index (χ0) is 13.9. The smallest absolute Gasteiger partial charge is 0.180 e. The Balaban J connectivity index is 2.09. The number of rotatable bonds is 2. The summed E-state index contributed by atoms with van der Waals surface area (Å²) in [6.45, 7) is 0. The number of nitrogens with zero attached hydrogens (tertiary/aromatic N) is 3. The summed E-state index contributed by atoms with van der Waals surface area (Å²) in [7, 11) is 0. The van der Waals surface area contributed by atoms with E-state index in [2.05, 4.69) is 15.0 Å². The third-order valence-electron chi connectivity index (χ3n) is 2.72. The average molecular weight is 286 g/mol. The molecule has 0 bridgehead atoms. The molecule has 98 valence electrons. The Kier molecular flexibility index (Phi) is 3.39. The van der Waals surface area contributed by atoms with Crippen molar-refractivity contribution in [2.75, 3.05) is 0 Å². The number of hydrogen-bond acceptors (Lipinski definition) is 3. The van der Waals surface area contributed by atoms with Crippen molar-refractivity contribution in [3.8, 4) is 22.8 Å². The highest BCUT2D eigenvalue weighted by molar-refractivity contribution is 6.29. The summed E-state index contributed by atoms with van der Waals surface area (Å²) < 4.78 is 12.9. The molecule has 0 aliphatic carbocycles. The van der Waals surface area contributed by atoms with E-state index in [4.69, 9.17) is 11.6 Å². The van der Waals surface area contributed by atoms with Gasteiger partial charge in [-0.05, 0) is 12.1 Å². The Morgan fingerprint density at radius 1 is 0.900 bits per heavy atom. The van der Waals surface area contributed by atoms with Gasteiger partial charge in [-0.25, -0.2) is 19.3 Å². The first kappa shape index (κ1) is 12.7. The average Bonchev–Trinajstić information content (AvgIpc) is 2.48. The van der Waals surface area contributed by atoms with E-state index < -0.39 is 5.82 Å². The lowest BCUT2D eigenvalue weighted by Crippen LogP contribution is -1.95. The van der Waals surface area contributed by atoms with Gasteiger partial charge in [-0.2, -0.15) is 0 Å². The fourth-order valence-electron chi connectivity index (χ4n) is 1.80. The number of hydrogen-bond donors (Lipinski definition) is 0. The van der Waals surface area contributed by atoms with Crippen LogP contribution < -0.4 is 0 Å². The first-order valence-corrected chi connectivity index (χ1v) is 6.32. The molecule has 0 aliphatic rings. The van der Waals surface area contributed by atoms with Gasteiger partial charge < -0.3 is 0 Å². The summed E-state index contributed by atoms with van der Waals surface area (Å²) in [6, 6.07) is 14.1. The number of benzene rings is 1. The minimum Gasteiger partial charge on any atom is -0.250 e. The van der Waals surface area contributed by atoms with E-state index in [-0.39, 0.29) is 0 Å². The highest BCUT2D eigenvalue weighted by Gasteiger charge is 2.08. The van der Waals surface area contributed by atoms with Crippen LogP contribution in [-0.2, 0) is 0 Å². The van der Waals surface area contributed by atoms with Gasteiger partial charge in [-0.1, -0.05) is 41.9 Å². The van der Waals surface area contributed by atoms with Gasteiger partial charge in [0.05, 0.1) is 11.9 Å². The van der Waals surface area contributed by atoms with Crippen molar-refractivity contribution in [2.24, 2.45) is 0 Å². The molecule has 2 heterocycles. The second-order valence-electron chi connectivity index (χ2n) is 4.13. The van der Waals surface area contributed by atoms with Crippen molar-refractivity contribution in [3.63, 3.8) is 0 Å². The molecule has 5 heteroatoms. The predicted octanol–water partition coefficient (Wildman–Crippen LogP) is 4.00. The lowest BCUT2D eigenvalue weighted by atomic mass is 10.1. The first-order valence-electron chi connectivity index (χ1n) is 5.94. The Labute approximate surface area is 120 Å². The van der Waals surface area contributed by atoms with E-state index in [1.165, 1.54) is 12.1 Å². The van der Waals surface area contributed by atoms with Crippen LogP contribution in [0.4, 0.5) is 4.39 Å². The Morgan fingerprint density at radius 2 is 1.70 bits per heavy atom. The SMILES string of the molecule is Fc1ccc(-c2nc(Cl)cc(-c3ccccc3)n2)nc1. The molecule has 0 N–H and O–H groups in total. The van der Waals surface area contributed by atoms with Gasteiger partial charge in [-0.15, -0.1) is 0 Å². The molecule has 0 spiro atoms. The summed E-state index contributed by atoms with van der Waals surface area (Å²) in [6.07, 6.45) is 1.13. The van der Waals surface area contributed by atoms with Crippen molar-refractivity contribution >= 4 is 11.6 Å². The van der Waals surface area contributed by atoms with Crippen molar-refractivity contribution in [3.05, 3.63) is 65.7 Å². The van der Waals surface area contributed by atoms with Crippen LogP contribution in [0.25, 0.3) is 22.8 Å². The lowest BCUT2D eigenvalue weighted by molar-refractivity contribution is 0.621. The van der Waals surface area contributed by atoms with Gasteiger partial charge in [0, 0.05) is 11.6 Å². The van der Waals surface area contributed by atoms with E-state index in [1.807, 2.05) is 30.3 Å². The zero-order valence-corrected chi connectivity index (χ0v) is 11.0. The van der Waals surface area contributed by atoms with Crippen molar-refractivity contribution in [1.82, 2.24) is 15.0 Å². The van der Waals surface area contributed by atoms with E-state index in [9.17, 15) is 4.39 Å². The minimum atomic E-state index is -0.404. The van der Waals surface area contributed by atoms with Crippen LogP contribution in [0.5, 0.6) is 0 Å². The molecule has 0 saturated carbocycles. The number of halogens is 2. The number of aromatic nitrogens is 3. The van der Waals surface area contributed by atoms with Crippen LogP contribution in [0.3, 0.4) is 0 Å². The molecule has 3 aromatic rings. The van der Waals surface area contributed by atoms with Gasteiger partial charge in [0.2, 0.25) is 0 Å². The molecule has 0 saturated heterocycles. The van der Waals surface area contributed by atoms with Crippen LogP contribution in [0.15, 0.2) is 54.7 Å². The molecule has 0 unspecified atom stereocenters. The largest absolute Gasteiger partial charge is 0.250 e. The molecule has 0 radical (unpaired) electrons. The molecule has 0 atom stereocenters. The predicted molar refractivity (Wildman–Crippen MR) is 75.7 cm³/mol. The Morgan fingerprint density at radius 3 is 2.40 bits per heavy atom. The molecule has 3 nitrogen and oxygen atoms in total. The summed E-state index contributed by atoms with van der Waals surface area (Å²) in [5, 5.41) is 0.319. The van der Waals surface area contributed by atoms with E-state index in [0.29, 0.717) is 22.4 Å². The molecule has 0 amide bonds. The monoisotopic (exact) mass is 285 g/mol. The Bertz CT molecular complexity index is 730. The first-order chi connectivity index (χ1) is 9.72. The Hall–Kier alpha value is -2.33. The standard InChI is InChI=1S/C15H9ClFN3/c16-14-8-13(10-4-2-1-3-5-10)19-15(20-14)12-7-6-11(17)9-18-12/h1-9H. The van der Waals surface area contributed by atoms with Gasteiger partial charge >= 0.3 is 0 Å². The topological polar surface area (TPSA) is 38.7 Å². The summed E-state index contributed by atoms with van der Waals surface area (Å²) in [5.74, 6) is -0.0320. The van der Waals surface area contributed by atoms with E-state index in [1.54, 1.807) is 6.07 Å². The third kappa shape index (κ3) is 2.65. The van der Waals surface area contributed by atoms with Gasteiger partial charge in [0.25, 0.3) is 0 Å². The second-order valence-corrected chi connectivity index (χ2v) is 4.51. The lowest BCUT2D eigenvalue weighted by Gasteiger charge is -2.05. The second kappa shape index (κ2) is 5.35. The fourth-order valence-corrected chi connectivity index (χ4v) is 1.98. The van der Waals surface area contributed by atoms with Crippen molar-refractivity contribution < 1.29 is 4.39 Å². The maximum absolute atomic E-state index is 12.9. The van der Waals surface area contributed by atoms with Crippen molar-refractivity contribution in [1.29, 1.82) is 0 Å². The fraction of sp³-hybridized carbons (Fsp3) is 0. The molecule has 1 aromatic carbocycles. The van der Waals surface area contributed by atoms with E-state index in [0.717, 1.165) is 11.8 Å². The molecule has 3 rings (SSSR count). The third-order valence-corrected chi connectivity index (χ3v) is 2.91. The van der Waals surface area contributed by atoms with Gasteiger partial charge in [-0.3, -0.25) is 0 Å². The van der Waals surface area contributed by atoms with Crippen LogP contribution in [0.1, 0.15) is 0 Å². The van der Waals surface area contributed by atoms with Crippen LogP contribution in [-0.4, -0.2) is 15.0 Å². The maximum atomic E-state index is 12.9. The summed E-state index contributed by atoms with van der Waals surface area (Å²) >= 11 is 6.03. The number of pyridine rings is 1. The maximum Gasteiger partial charge on any atom is 0.180 e.